The number of rotatable bonds is 4. The van der Waals surface area contributed by atoms with Crippen LogP contribution in [0.4, 0.5) is 0 Å². The molecule has 0 spiro atoms. The van der Waals surface area contributed by atoms with Crippen LogP contribution in [0, 0.1) is 22.7 Å². The van der Waals surface area contributed by atoms with Crippen LogP contribution in [0.15, 0.2) is 34.7 Å². The summed E-state index contributed by atoms with van der Waals surface area (Å²) in [5.41, 5.74) is 1.91. The first kappa shape index (κ1) is 16.4. The van der Waals surface area contributed by atoms with Crippen molar-refractivity contribution in [2.45, 2.75) is 59.3 Å². The summed E-state index contributed by atoms with van der Waals surface area (Å²) in [5, 5.41) is 9.68. The van der Waals surface area contributed by atoms with E-state index in [1.807, 2.05) is 18.4 Å². The Bertz CT molecular complexity index is 600. The molecule has 3 nitrogen and oxygen atoms in total. The summed E-state index contributed by atoms with van der Waals surface area (Å²) >= 11 is 0. The van der Waals surface area contributed by atoms with Gasteiger partial charge < -0.3 is 9.52 Å². The van der Waals surface area contributed by atoms with Gasteiger partial charge in [0.25, 0.3) is 0 Å². The molecule has 0 unspecified atom stereocenters. The molecule has 0 aromatic carbocycles. The molecule has 1 saturated carbocycles. The van der Waals surface area contributed by atoms with Crippen LogP contribution in [0.2, 0.25) is 0 Å². The number of furan rings is 1. The topological polar surface area (TPSA) is 50.4 Å². The van der Waals surface area contributed by atoms with E-state index >= 15 is 0 Å². The quantitative estimate of drug-likeness (QED) is 0.843. The summed E-state index contributed by atoms with van der Waals surface area (Å²) in [4.78, 5) is 11.8. The lowest BCUT2D eigenvalue weighted by atomic mass is 9.46. The van der Waals surface area contributed by atoms with Gasteiger partial charge in [0, 0.05) is 11.0 Å². The van der Waals surface area contributed by atoms with E-state index in [2.05, 4.69) is 20.8 Å². The zero-order chi connectivity index (χ0) is 16.7. The fourth-order valence-electron chi connectivity index (χ4n) is 5.29. The SMILES string of the molecule is C[C@H]1CC[C@]2(C)C(C(=O)O)=CCC[C@@H]2[C@]1(C)CCc1ccoc1. The summed E-state index contributed by atoms with van der Waals surface area (Å²) in [7, 11) is 0. The van der Waals surface area contributed by atoms with Gasteiger partial charge in [-0.1, -0.05) is 26.8 Å². The van der Waals surface area contributed by atoms with Crippen LogP contribution in [0.3, 0.4) is 0 Å². The Balaban J connectivity index is 1.89. The predicted molar refractivity (Wildman–Crippen MR) is 90.1 cm³/mol. The molecule has 1 heterocycles. The molecule has 4 atom stereocenters. The summed E-state index contributed by atoms with van der Waals surface area (Å²) in [6, 6.07) is 2.04. The number of hydrogen-bond donors (Lipinski definition) is 1. The molecule has 0 radical (unpaired) electrons. The molecule has 1 aromatic rings. The molecule has 0 bridgehead atoms. The molecular formula is C20H28O3. The minimum absolute atomic E-state index is 0.179. The average molecular weight is 316 g/mol. The van der Waals surface area contributed by atoms with Crippen LogP contribution in [0.5, 0.6) is 0 Å². The van der Waals surface area contributed by atoms with Crippen molar-refractivity contribution in [3.8, 4) is 0 Å². The van der Waals surface area contributed by atoms with Crippen LogP contribution >= 0.6 is 0 Å². The lowest BCUT2D eigenvalue weighted by Gasteiger charge is -2.57. The third-order valence-corrected chi connectivity index (χ3v) is 6.97. The fourth-order valence-corrected chi connectivity index (χ4v) is 5.29. The number of aryl methyl sites for hydroxylation is 1. The maximum atomic E-state index is 11.8. The molecule has 126 valence electrons. The molecule has 1 N–H and O–H groups in total. The summed E-state index contributed by atoms with van der Waals surface area (Å²) in [5.74, 6) is 0.353. The van der Waals surface area contributed by atoms with Crippen molar-refractivity contribution in [2.75, 3.05) is 0 Å². The van der Waals surface area contributed by atoms with Gasteiger partial charge in [0.05, 0.1) is 12.5 Å². The molecule has 0 amide bonds. The predicted octanol–water partition coefficient (Wildman–Crippen LogP) is 5.08. The van der Waals surface area contributed by atoms with Gasteiger partial charge in [0.2, 0.25) is 0 Å². The Hall–Kier alpha value is -1.51. The number of fused-ring (bicyclic) bond motifs is 1. The van der Waals surface area contributed by atoms with Crippen LogP contribution in [-0.4, -0.2) is 11.1 Å². The minimum atomic E-state index is -0.719. The third-order valence-electron chi connectivity index (χ3n) is 6.97. The van der Waals surface area contributed by atoms with Crippen molar-refractivity contribution in [1.82, 2.24) is 0 Å². The molecule has 2 aliphatic rings. The molecule has 0 aliphatic heterocycles. The van der Waals surface area contributed by atoms with E-state index in [4.69, 9.17) is 4.42 Å². The van der Waals surface area contributed by atoms with Crippen molar-refractivity contribution >= 4 is 5.97 Å². The molecule has 1 fully saturated rings. The van der Waals surface area contributed by atoms with Crippen molar-refractivity contribution in [3.05, 3.63) is 35.8 Å². The summed E-state index contributed by atoms with van der Waals surface area (Å²) in [6.45, 7) is 6.94. The Morgan fingerprint density at radius 3 is 2.83 bits per heavy atom. The first-order chi connectivity index (χ1) is 10.9. The Kier molecular flexibility index (Phi) is 4.16. The average Bonchev–Trinajstić information content (AvgIpc) is 3.02. The minimum Gasteiger partial charge on any atom is -0.478 e. The van der Waals surface area contributed by atoms with Gasteiger partial charge in [-0.15, -0.1) is 0 Å². The first-order valence-corrected chi connectivity index (χ1v) is 8.83. The molecular weight excluding hydrogens is 288 g/mol. The second-order valence-corrected chi connectivity index (χ2v) is 8.05. The Labute approximate surface area is 138 Å². The van der Waals surface area contributed by atoms with Crippen molar-refractivity contribution in [3.63, 3.8) is 0 Å². The maximum Gasteiger partial charge on any atom is 0.331 e. The van der Waals surface area contributed by atoms with E-state index in [9.17, 15) is 9.90 Å². The van der Waals surface area contributed by atoms with Crippen LogP contribution in [-0.2, 0) is 11.2 Å². The highest BCUT2D eigenvalue weighted by Gasteiger charge is 2.55. The number of hydrogen-bond acceptors (Lipinski definition) is 2. The number of aliphatic carboxylic acids is 1. The van der Waals surface area contributed by atoms with E-state index < -0.39 is 5.97 Å². The molecule has 3 heteroatoms. The molecule has 0 saturated heterocycles. The van der Waals surface area contributed by atoms with Gasteiger partial charge in [-0.3, -0.25) is 0 Å². The molecule has 3 rings (SSSR count). The highest BCUT2D eigenvalue weighted by atomic mass is 16.4. The summed E-state index contributed by atoms with van der Waals surface area (Å²) < 4.78 is 5.20. The molecule has 1 aromatic heterocycles. The van der Waals surface area contributed by atoms with E-state index in [-0.39, 0.29) is 10.8 Å². The second kappa shape index (κ2) is 5.85. The standard InChI is InChI=1S/C20H28O3/c1-14-7-10-20(3)16(18(21)22)5-4-6-17(20)19(14,2)11-8-15-9-12-23-13-15/h5,9,12-14,17H,4,6-8,10-11H2,1-3H3,(H,21,22)/t14-,17+,19+,20+/m0/s1. The number of allylic oxidation sites excluding steroid dienone is 1. The highest BCUT2D eigenvalue weighted by molar-refractivity contribution is 5.88. The number of carbonyl (C=O) groups is 1. The zero-order valence-electron chi connectivity index (χ0n) is 14.5. The second-order valence-electron chi connectivity index (χ2n) is 8.05. The van der Waals surface area contributed by atoms with Crippen molar-refractivity contribution in [2.24, 2.45) is 22.7 Å². The highest BCUT2D eigenvalue weighted by Crippen LogP contribution is 2.61. The normalized spacial score (nSPS) is 37.1. The van der Waals surface area contributed by atoms with Crippen LogP contribution < -0.4 is 0 Å². The Morgan fingerprint density at radius 2 is 2.17 bits per heavy atom. The number of carboxylic acids is 1. The van der Waals surface area contributed by atoms with E-state index in [0.717, 1.165) is 38.5 Å². The van der Waals surface area contributed by atoms with E-state index in [0.29, 0.717) is 17.4 Å². The van der Waals surface area contributed by atoms with Gasteiger partial charge in [0.1, 0.15) is 0 Å². The first-order valence-electron chi connectivity index (χ1n) is 8.83. The number of carboxylic acid groups (broad SMARTS) is 1. The third kappa shape index (κ3) is 2.64. The smallest absolute Gasteiger partial charge is 0.331 e. The molecule has 2 aliphatic carbocycles. The van der Waals surface area contributed by atoms with Gasteiger partial charge in [-0.2, -0.15) is 0 Å². The lowest BCUT2D eigenvalue weighted by molar-refractivity contribution is -0.137. The molecule has 23 heavy (non-hydrogen) atoms. The van der Waals surface area contributed by atoms with E-state index in [1.165, 1.54) is 5.56 Å². The maximum absolute atomic E-state index is 11.8. The van der Waals surface area contributed by atoms with Crippen molar-refractivity contribution < 1.29 is 14.3 Å². The van der Waals surface area contributed by atoms with Crippen LogP contribution in [0.25, 0.3) is 0 Å². The monoisotopic (exact) mass is 316 g/mol. The van der Waals surface area contributed by atoms with Gasteiger partial charge in [-0.25, -0.2) is 4.79 Å². The fraction of sp³-hybridized carbons (Fsp3) is 0.650. The Morgan fingerprint density at radius 1 is 1.39 bits per heavy atom. The lowest BCUT2D eigenvalue weighted by Crippen LogP contribution is -2.51. The van der Waals surface area contributed by atoms with Gasteiger partial charge in [-0.05, 0) is 67.4 Å². The van der Waals surface area contributed by atoms with Gasteiger partial charge in [0.15, 0.2) is 0 Å². The summed E-state index contributed by atoms with van der Waals surface area (Å²) in [6.07, 6.45) is 11.8. The van der Waals surface area contributed by atoms with Crippen molar-refractivity contribution in [1.29, 1.82) is 0 Å². The van der Waals surface area contributed by atoms with Gasteiger partial charge >= 0.3 is 5.97 Å². The zero-order valence-corrected chi connectivity index (χ0v) is 14.5. The largest absolute Gasteiger partial charge is 0.478 e. The van der Waals surface area contributed by atoms with Crippen LogP contribution in [0.1, 0.15) is 58.4 Å². The van der Waals surface area contributed by atoms with E-state index in [1.54, 1.807) is 6.26 Å².